The second-order valence-corrected chi connectivity index (χ2v) is 26.5. The molecule has 0 saturated carbocycles. The third-order valence-corrected chi connectivity index (χ3v) is 17.7. The van der Waals surface area contributed by atoms with E-state index in [9.17, 15) is 0 Å². The highest BCUT2D eigenvalue weighted by Gasteiger charge is 2.44. The average Bonchev–Trinajstić information content (AvgIpc) is 1.48. The predicted octanol–water partition coefficient (Wildman–Crippen LogP) is 19.6. The number of fused-ring (bicyclic) bond motifs is 8. The second-order valence-electron chi connectivity index (χ2n) is 26.5. The number of hydrogen-bond donors (Lipinski definition) is 0. The highest BCUT2D eigenvalue weighted by molar-refractivity contribution is 7.00. The van der Waals surface area contributed by atoms with Gasteiger partial charge in [-0.2, -0.15) is 0 Å². The van der Waals surface area contributed by atoms with Gasteiger partial charge < -0.3 is 23.7 Å². The van der Waals surface area contributed by atoms with Crippen LogP contribution in [0.1, 0.15) is 95.7 Å². The van der Waals surface area contributed by atoms with E-state index in [2.05, 4.69) is 309 Å². The number of aromatic nitrogens is 1. The Morgan fingerprint density at radius 3 is 1.59 bits per heavy atom. The van der Waals surface area contributed by atoms with Crippen LogP contribution in [0.5, 0.6) is 0 Å². The molecule has 2 aliphatic heterocycles. The van der Waals surface area contributed by atoms with Crippen molar-refractivity contribution in [3.8, 4) is 17.0 Å². The lowest BCUT2D eigenvalue weighted by atomic mass is 9.33. The number of anilines is 9. The Balaban J connectivity index is 1.04. The van der Waals surface area contributed by atoms with Crippen molar-refractivity contribution in [3.63, 3.8) is 0 Å². The summed E-state index contributed by atoms with van der Waals surface area (Å²) in [5.41, 5.74) is 27.0. The minimum Gasteiger partial charge on any atom is -0.456 e. The van der Waals surface area contributed by atoms with E-state index >= 15 is 0 Å². The maximum absolute atomic E-state index is 6.63. The summed E-state index contributed by atoms with van der Waals surface area (Å²) in [7, 11) is 0. The molecule has 0 amide bonds. The van der Waals surface area contributed by atoms with Crippen LogP contribution in [0.3, 0.4) is 0 Å². The highest BCUT2D eigenvalue weighted by atomic mass is 16.3. The molecular weight excluding hydrogens is 1010 g/mol. The van der Waals surface area contributed by atoms with Crippen LogP contribution in [0.25, 0.3) is 49.8 Å². The van der Waals surface area contributed by atoms with Crippen molar-refractivity contribution < 1.29 is 4.42 Å². The molecule has 5 nitrogen and oxygen atoms in total. The Morgan fingerprint density at radius 1 is 0.398 bits per heavy atom. The summed E-state index contributed by atoms with van der Waals surface area (Å²) >= 11 is 0. The molecule has 0 atom stereocenters. The van der Waals surface area contributed by atoms with Crippen LogP contribution in [0.4, 0.5) is 51.2 Å². The van der Waals surface area contributed by atoms with Gasteiger partial charge in [-0.1, -0.05) is 165 Å². The van der Waals surface area contributed by atoms with E-state index in [-0.39, 0.29) is 23.0 Å². The van der Waals surface area contributed by atoms with Crippen molar-refractivity contribution >= 4 is 107 Å². The lowest BCUT2D eigenvalue weighted by Crippen LogP contribution is -2.61. The average molecular weight is 1080 g/mol. The molecule has 10 aromatic carbocycles. The predicted molar refractivity (Wildman–Crippen MR) is 355 cm³/mol. The zero-order valence-electron chi connectivity index (χ0n) is 50.0. The Labute approximate surface area is 490 Å². The Bertz CT molecular complexity index is 4490. The highest BCUT2D eigenvalue weighted by Crippen LogP contribution is 2.49. The van der Waals surface area contributed by atoms with Gasteiger partial charge in [0, 0.05) is 78.6 Å². The van der Waals surface area contributed by atoms with Gasteiger partial charge in [-0.3, -0.25) is 0 Å². The van der Waals surface area contributed by atoms with Crippen LogP contribution in [0.2, 0.25) is 0 Å². The van der Waals surface area contributed by atoms with Gasteiger partial charge in [-0.05, 0) is 196 Å². The fourth-order valence-corrected chi connectivity index (χ4v) is 13.5. The molecule has 0 unspecified atom stereocenters. The Hall–Kier alpha value is -9.00. The van der Waals surface area contributed by atoms with Gasteiger partial charge in [0.05, 0.1) is 11.0 Å². The molecule has 12 aromatic rings. The van der Waals surface area contributed by atoms with Crippen LogP contribution < -0.4 is 31.1 Å². The van der Waals surface area contributed by atoms with Crippen LogP contribution in [-0.4, -0.2) is 11.3 Å². The van der Waals surface area contributed by atoms with E-state index < -0.39 is 0 Å². The van der Waals surface area contributed by atoms with E-state index in [0.717, 1.165) is 78.7 Å². The van der Waals surface area contributed by atoms with Crippen molar-refractivity contribution in [1.29, 1.82) is 0 Å². The maximum Gasteiger partial charge on any atom is 0.252 e. The monoisotopic (exact) mass is 1080 g/mol. The zero-order valence-corrected chi connectivity index (χ0v) is 50.0. The van der Waals surface area contributed by atoms with E-state index in [1.54, 1.807) is 0 Å². The molecule has 0 spiro atoms. The molecule has 2 aliphatic rings. The molecule has 4 heterocycles. The van der Waals surface area contributed by atoms with Crippen LogP contribution in [0.15, 0.2) is 217 Å². The molecule has 0 radical (unpaired) electrons. The molecule has 0 N–H and O–H groups in total. The molecule has 6 heteroatoms. The van der Waals surface area contributed by atoms with Crippen LogP contribution in [-0.2, 0) is 16.2 Å². The standard InChI is InChI=1S/C77H71BN4O/c1-48-40-69-74-70(41-48)82(60-42-49(2)73(50(3)43-60)72-44-51-20-16-19-25-71(51)83-72)68-47-59(36-39-64(68)78(74)63-38-30-54(77(10,11)12)45-67(63)81(69)57-33-28-53(29-34-57)76(7,8)9)79(56-31-26-52(27-32-56)75(4,5)6)58-35-37-62-61-23-17-18-24-65(61)80(66(62)46-58)55-21-14-13-15-22-55/h13-47H,1-12H3. The lowest BCUT2D eigenvalue weighted by molar-refractivity contribution is 0.590. The van der Waals surface area contributed by atoms with Gasteiger partial charge in [0.1, 0.15) is 11.3 Å². The third kappa shape index (κ3) is 8.67. The van der Waals surface area contributed by atoms with E-state index in [1.807, 2.05) is 6.07 Å². The number of aryl methyl sites for hydroxylation is 3. The first-order valence-electron chi connectivity index (χ1n) is 29.5. The first-order valence-corrected chi connectivity index (χ1v) is 29.5. The van der Waals surface area contributed by atoms with Crippen molar-refractivity contribution in [2.24, 2.45) is 0 Å². The van der Waals surface area contributed by atoms with Gasteiger partial charge in [-0.15, -0.1) is 0 Å². The van der Waals surface area contributed by atoms with Crippen molar-refractivity contribution in [1.82, 2.24) is 4.57 Å². The maximum atomic E-state index is 6.63. The van der Waals surface area contributed by atoms with E-state index in [0.29, 0.717) is 0 Å². The van der Waals surface area contributed by atoms with E-state index in [4.69, 9.17) is 4.42 Å². The van der Waals surface area contributed by atoms with Gasteiger partial charge in [0.2, 0.25) is 0 Å². The largest absolute Gasteiger partial charge is 0.456 e. The molecule has 2 aromatic heterocycles. The smallest absolute Gasteiger partial charge is 0.252 e. The van der Waals surface area contributed by atoms with Crippen molar-refractivity contribution in [3.05, 3.63) is 246 Å². The molecule has 0 bridgehead atoms. The summed E-state index contributed by atoms with van der Waals surface area (Å²) in [5.74, 6) is 0.887. The number of rotatable bonds is 7. The SMILES string of the molecule is Cc1cc2c3c(c1)N(c1ccc(C(C)(C)C)cc1)c1cc(C(C)(C)C)ccc1B3c1ccc(N(c3ccc(C(C)(C)C)cc3)c3ccc4c5ccccc5n(-c5ccccc5)c4c3)cc1N2c1cc(C)c(-c2cc3ccccc3o2)c(C)c1. The summed E-state index contributed by atoms with van der Waals surface area (Å²) in [6.45, 7) is 27.5. The quantitative estimate of drug-likeness (QED) is 0.149. The summed E-state index contributed by atoms with van der Waals surface area (Å²) in [6, 6.07) is 80.0. The number of furan rings is 1. The molecule has 0 aliphatic carbocycles. The first kappa shape index (κ1) is 52.1. The number of hydrogen-bond acceptors (Lipinski definition) is 4. The van der Waals surface area contributed by atoms with Crippen LogP contribution in [0, 0.1) is 20.8 Å². The molecule has 0 fully saturated rings. The normalized spacial score (nSPS) is 13.2. The topological polar surface area (TPSA) is 27.8 Å². The Morgan fingerprint density at radius 2 is 0.928 bits per heavy atom. The summed E-state index contributed by atoms with van der Waals surface area (Å²) in [6.07, 6.45) is 0. The third-order valence-electron chi connectivity index (χ3n) is 17.7. The number of nitrogens with zero attached hydrogens (tertiary/aromatic N) is 4. The van der Waals surface area contributed by atoms with Crippen LogP contribution >= 0.6 is 0 Å². The summed E-state index contributed by atoms with van der Waals surface area (Å²) in [5, 5.41) is 3.56. The zero-order chi connectivity index (χ0) is 57.4. The van der Waals surface area contributed by atoms with Gasteiger partial charge in [-0.25, -0.2) is 0 Å². The van der Waals surface area contributed by atoms with Crippen molar-refractivity contribution in [2.75, 3.05) is 14.7 Å². The lowest BCUT2D eigenvalue weighted by Gasteiger charge is -2.45. The van der Waals surface area contributed by atoms with Gasteiger partial charge >= 0.3 is 0 Å². The molecule has 408 valence electrons. The molecule has 14 rings (SSSR count). The fraction of sp³-hybridized carbons (Fsp3) is 0.195. The second kappa shape index (κ2) is 19.0. The molecule has 0 saturated heterocycles. The number of para-hydroxylation sites is 3. The first-order chi connectivity index (χ1) is 39.8. The van der Waals surface area contributed by atoms with Gasteiger partial charge in [0.25, 0.3) is 6.71 Å². The minimum atomic E-state index is -0.0672. The van der Waals surface area contributed by atoms with Crippen molar-refractivity contribution in [2.45, 2.75) is 99.3 Å². The molecule has 83 heavy (non-hydrogen) atoms. The summed E-state index contributed by atoms with van der Waals surface area (Å²) in [4.78, 5) is 7.62. The van der Waals surface area contributed by atoms with Gasteiger partial charge in [0.15, 0.2) is 0 Å². The summed E-state index contributed by atoms with van der Waals surface area (Å²) < 4.78 is 9.05. The fourth-order valence-electron chi connectivity index (χ4n) is 13.5. The number of benzene rings is 10. The van der Waals surface area contributed by atoms with E-state index in [1.165, 1.54) is 72.0 Å². The molecular formula is C77H71BN4O. The minimum absolute atomic E-state index is 0.0127. The Kier molecular flexibility index (Phi) is 12.0.